The fourth-order valence-corrected chi connectivity index (χ4v) is 1.18. The number of anilines is 1. The molecule has 4 nitrogen and oxygen atoms in total. The van der Waals surface area contributed by atoms with Crippen LogP contribution < -0.4 is 4.90 Å². The molecule has 0 atom stereocenters. The summed E-state index contributed by atoms with van der Waals surface area (Å²) >= 11 is 0. The van der Waals surface area contributed by atoms with E-state index in [0.29, 0.717) is 18.8 Å². The zero-order chi connectivity index (χ0) is 11.8. The molecule has 0 aromatic heterocycles. The van der Waals surface area contributed by atoms with E-state index in [0.717, 1.165) is 0 Å². The highest BCUT2D eigenvalue weighted by Gasteiger charge is 2.04. The maximum absolute atomic E-state index is 12.7. The van der Waals surface area contributed by atoms with Crippen molar-refractivity contribution in [3.8, 4) is 6.19 Å². The van der Waals surface area contributed by atoms with Crippen LogP contribution in [0.25, 0.3) is 0 Å². The molecule has 0 unspecified atom stereocenters. The van der Waals surface area contributed by atoms with Crippen LogP contribution in [0.3, 0.4) is 0 Å². The molecule has 0 fully saturated rings. The monoisotopic (exact) mass is 224 g/mol. The Hall–Kier alpha value is -1.64. The Morgan fingerprint density at radius 2 is 2.00 bits per heavy atom. The predicted molar refractivity (Wildman–Crippen MR) is 57.3 cm³/mol. The van der Waals surface area contributed by atoms with Crippen LogP contribution in [-0.4, -0.2) is 31.5 Å². The zero-order valence-electron chi connectivity index (χ0n) is 8.77. The van der Waals surface area contributed by atoms with Crippen molar-refractivity contribution in [1.82, 2.24) is 0 Å². The van der Waals surface area contributed by atoms with Crippen LogP contribution in [0.2, 0.25) is 0 Å². The molecule has 0 radical (unpaired) electrons. The molecular weight excluding hydrogens is 211 g/mol. The van der Waals surface area contributed by atoms with Gasteiger partial charge < -0.3 is 9.84 Å². The lowest BCUT2D eigenvalue weighted by atomic mass is 10.3. The lowest BCUT2D eigenvalue weighted by Gasteiger charge is -2.15. The van der Waals surface area contributed by atoms with E-state index in [1.807, 2.05) is 6.19 Å². The summed E-state index contributed by atoms with van der Waals surface area (Å²) in [5, 5.41) is 17.4. The maximum Gasteiger partial charge on any atom is 0.184 e. The number of halogens is 1. The zero-order valence-corrected chi connectivity index (χ0v) is 8.77. The Morgan fingerprint density at radius 3 is 2.56 bits per heavy atom. The van der Waals surface area contributed by atoms with Gasteiger partial charge in [-0.1, -0.05) is 0 Å². The van der Waals surface area contributed by atoms with Gasteiger partial charge in [-0.25, -0.2) is 4.39 Å². The number of benzene rings is 1. The van der Waals surface area contributed by atoms with Gasteiger partial charge in [0.05, 0.1) is 32.1 Å². The Bertz CT molecular complexity index is 348. The molecule has 1 aromatic carbocycles. The minimum Gasteiger partial charge on any atom is -0.394 e. The molecule has 86 valence electrons. The Kier molecular flexibility index (Phi) is 5.26. The molecule has 0 saturated carbocycles. The van der Waals surface area contributed by atoms with Gasteiger partial charge in [0.1, 0.15) is 5.82 Å². The van der Waals surface area contributed by atoms with Gasteiger partial charge in [-0.3, -0.25) is 4.90 Å². The summed E-state index contributed by atoms with van der Waals surface area (Å²) < 4.78 is 17.7. The van der Waals surface area contributed by atoms with Crippen molar-refractivity contribution >= 4 is 5.69 Å². The van der Waals surface area contributed by atoms with E-state index < -0.39 is 0 Å². The molecule has 0 saturated heterocycles. The van der Waals surface area contributed by atoms with Crippen molar-refractivity contribution in [2.24, 2.45) is 0 Å². The summed E-state index contributed by atoms with van der Waals surface area (Å²) in [6, 6.07) is 5.66. The summed E-state index contributed by atoms with van der Waals surface area (Å²) in [6.45, 7) is 0.930. The quantitative estimate of drug-likeness (QED) is 0.447. The molecule has 16 heavy (non-hydrogen) atoms. The van der Waals surface area contributed by atoms with E-state index in [1.54, 1.807) is 0 Å². The lowest BCUT2D eigenvalue weighted by Crippen LogP contribution is -2.22. The van der Waals surface area contributed by atoms with E-state index in [9.17, 15) is 4.39 Å². The molecular formula is C11H13FN2O2. The Labute approximate surface area is 93.5 Å². The SMILES string of the molecule is N#CN(CCOCCO)c1ccc(F)cc1. The average molecular weight is 224 g/mol. The van der Waals surface area contributed by atoms with Crippen LogP contribution in [0, 0.1) is 17.3 Å². The highest BCUT2D eigenvalue weighted by molar-refractivity contribution is 5.49. The van der Waals surface area contributed by atoms with E-state index >= 15 is 0 Å². The predicted octanol–water partition coefficient (Wildman–Crippen LogP) is 1.12. The minimum absolute atomic E-state index is 0.0386. The van der Waals surface area contributed by atoms with E-state index in [2.05, 4.69) is 0 Å². The molecule has 0 spiro atoms. The first-order valence-corrected chi connectivity index (χ1v) is 4.89. The first-order chi connectivity index (χ1) is 7.77. The standard InChI is InChI=1S/C11H13FN2O2/c12-10-1-3-11(4-2-10)14(9-13)5-7-16-8-6-15/h1-4,15H,5-8H2. The minimum atomic E-state index is -0.335. The Morgan fingerprint density at radius 1 is 1.31 bits per heavy atom. The molecule has 1 aromatic rings. The van der Waals surface area contributed by atoms with Crippen LogP contribution in [0.1, 0.15) is 0 Å². The molecule has 0 aliphatic heterocycles. The second-order valence-corrected chi connectivity index (χ2v) is 3.06. The normalized spacial score (nSPS) is 9.81. The van der Waals surface area contributed by atoms with E-state index in [1.165, 1.54) is 29.2 Å². The lowest BCUT2D eigenvalue weighted by molar-refractivity contribution is 0.0976. The van der Waals surface area contributed by atoms with Gasteiger partial charge in [0, 0.05) is 0 Å². The van der Waals surface area contributed by atoms with Crippen molar-refractivity contribution in [3.05, 3.63) is 30.1 Å². The largest absolute Gasteiger partial charge is 0.394 e. The van der Waals surface area contributed by atoms with Gasteiger partial charge in [0.25, 0.3) is 0 Å². The molecule has 0 heterocycles. The van der Waals surface area contributed by atoms with Gasteiger partial charge in [0.2, 0.25) is 0 Å². The third-order valence-corrected chi connectivity index (χ3v) is 1.95. The third-order valence-electron chi connectivity index (χ3n) is 1.95. The summed E-state index contributed by atoms with van der Waals surface area (Å²) in [4.78, 5) is 1.40. The van der Waals surface area contributed by atoms with Crippen LogP contribution in [0.15, 0.2) is 24.3 Å². The molecule has 0 amide bonds. The molecule has 1 N–H and O–H groups in total. The average Bonchev–Trinajstić information content (AvgIpc) is 2.31. The highest BCUT2D eigenvalue weighted by atomic mass is 19.1. The topological polar surface area (TPSA) is 56.5 Å². The van der Waals surface area contributed by atoms with Gasteiger partial charge in [0.15, 0.2) is 6.19 Å². The number of rotatable bonds is 6. The van der Waals surface area contributed by atoms with Gasteiger partial charge in [-0.15, -0.1) is 0 Å². The van der Waals surface area contributed by atoms with Crippen molar-refractivity contribution in [2.45, 2.75) is 0 Å². The number of nitriles is 1. The third kappa shape index (κ3) is 3.85. The number of hydrogen-bond donors (Lipinski definition) is 1. The number of aliphatic hydroxyl groups excluding tert-OH is 1. The summed E-state index contributed by atoms with van der Waals surface area (Å²) in [6.07, 6.45) is 1.98. The summed E-state index contributed by atoms with van der Waals surface area (Å²) in [5.41, 5.74) is 0.622. The molecule has 5 heteroatoms. The van der Waals surface area contributed by atoms with Crippen molar-refractivity contribution in [2.75, 3.05) is 31.3 Å². The molecule has 1 rings (SSSR count). The maximum atomic E-state index is 12.7. The molecule has 0 aliphatic carbocycles. The fourth-order valence-electron chi connectivity index (χ4n) is 1.18. The number of hydrogen-bond acceptors (Lipinski definition) is 4. The number of nitrogens with zero attached hydrogens (tertiary/aromatic N) is 2. The number of aliphatic hydroxyl groups is 1. The summed E-state index contributed by atoms with van der Waals surface area (Å²) in [5.74, 6) is -0.335. The highest BCUT2D eigenvalue weighted by Crippen LogP contribution is 2.13. The van der Waals surface area contributed by atoms with E-state index in [-0.39, 0.29) is 19.0 Å². The van der Waals surface area contributed by atoms with Crippen LogP contribution >= 0.6 is 0 Å². The fraction of sp³-hybridized carbons (Fsp3) is 0.364. The van der Waals surface area contributed by atoms with Gasteiger partial charge in [-0.2, -0.15) is 5.26 Å². The van der Waals surface area contributed by atoms with Crippen LogP contribution in [0.5, 0.6) is 0 Å². The van der Waals surface area contributed by atoms with Gasteiger partial charge in [-0.05, 0) is 24.3 Å². The smallest absolute Gasteiger partial charge is 0.184 e. The second-order valence-electron chi connectivity index (χ2n) is 3.06. The molecule has 0 aliphatic rings. The van der Waals surface area contributed by atoms with Crippen molar-refractivity contribution in [1.29, 1.82) is 5.26 Å². The Balaban J connectivity index is 2.48. The van der Waals surface area contributed by atoms with Gasteiger partial charge >= 0.3 is 0 Å². The van der Waals surface area contributed by atoms with Crippen molar-refractivity contribution < 1.29 is 14.2 Å². The molecule has 0 bridgehead atoms. The first-order valence-electron chi connectivity index (χ1n) is 4.89. The summed E-state index contributed by atoms with van der Waals surface area (Å²) in [7, 11) is 0. The second kappa shape index (κ2) is 6.77. The van der Waals surface area contributed by atoms with E-state index in [4.69, 9.17) is 15.1 Å². The van der Waals surface area contributed by atoms with Crippen LogP contribution in [-0.2, 0) is 4.74 Å². The number of ether oxygens (including phenoxy) is 1. The van der Waals surface area contributed by atoms with Crippen molar-refractivity contribution in [3.63, 3.8) is 0 Å². The van der Waals surface area contributed by atoms with Crippen LogP contribution in [0.4, 0.5) is 10.1 Å². The first kappa shape index (κ1) is 12.4.